The van der Waals surface area contributed by atoms with Crippen LogP contribution in [0.3, 0.4) is 0 Å². The molecule has 12 nitrogen and oxygen atoms in total. The maximum Gasteiger partial charge on any atom is 0.329 e. The first-order valence-electron chi connectivity index (χ1n) is 15.9. The first-order chi connectivity index (χ1) is 20.3. The highest BCUT2D eigenvalue weighted by molar-refractivity contribution is 5.95. The van der Waals surface area contributed by atoms with Crippen molar-refractivity contribution in [2.24, 2.45) is 35.5 Å². The topological polar surface area (TPSA) is 169 Å². The Morgan fingerprint density at radius 3 is 0.977 bits per heavy atom. The molecular weight excluding hydrogens is 568 g/mol. The van der Waals surface area contributed by atoms with Gasteiger partial charge in [-0.1, -0.05) is 83.1 Å². The summed E-state index contributed by atoms with van der Waals surface area (Å²) in [5.41, 5.74) is 0. The summed E-state index contributed by atoms with van der Waals surface area (Å²) in [6.45, 7) is 21.3. The lowest BCUT2D eigenvalue weighted by Crippen LogP contribution is -2.59. The lowest BCUT2D eigenvalue weighted by Gasteiger charge is -2.31. The van der Waals surface area contributed by atoms with E-state index < -0.39 is 83.8 Å². The first-order valence-corrected chi connectivity index (χ1v) is 15.9. The smallest absolute Gasteiger partial charge is 0.329 e. The number of carbonyl (C=O) groups excluding carboxylic acids is 6. The summed E-state index contributed by atoms with van der Waals surface area (Å²) in [5, 5.41) is 10.8. The van der Waals surface area contributed by atoms with Gasteiger partial charge in [-0.2, -0.15) is 0 Å². The van der Waals surface area contributed by atoms with Gasteiger partial charge in [0.2, 0.25) is 11.8 Å². The first kappa shape index (κ1) is 38.8. The molecule has 0 bridgehead atoms. The fraction of sp³-hybridized carbons (Fsp3) is 0.812. The Labute approximate surface area is 262 Å². The zero-order valence-corrected chi connectivity index (χ0v) is 28.6. The second-order valence-electron chi connectivity index (χ2n) is 14.0. The fourth-order valence-corrected chi connectivity index (χ4v) is 4.83. The summed E-state index contributed by atoms with van der Waals surface area (Å²) in [4.78, 5) is 80.9. The zero-order valence-electron chi connectivity index (χ0n) is 28.6. The lowest BCUT2D eigenvalue weighted by atomic mass is 9.98. The van der Waals surface area contributed by atoms with E-state index in [4.69, 9.17) is 9.47 Å². The van der Waals surface area contributed by atoms with Crippen molar-refractivity contribution in [1.29, 1.82) is 0 Å². The van der Waals surface area contributed by atoms with Gasteiger partial charge in [0, 0.05) is 0 Å². The molecule has 1 rings (SSSR count). The number of esters is 2. The van der Waals surface area contributed by atoms with Crippen LogP contribution in [0.2, 0.25) is 0 Å². The second-order valence-corrected chi connectivity index (χ2v) is 14.0. The third kappa shape index (κ3) is 11.7. The molecule has 1 saturated heterocycles. The summed E-state index contributed by atoms with van der Waals surface area (Å²) in [5.74, 6) is -5.92. The average Bonchev–Trinajstić information content (AvgIpc) is 2.88. The molecule has 252 valence electrons. The molecule has 0 saturated carbocycles. The van der Waals surface area contributed by atoms with Crippen molar-refractivity contribution in [2.45, 2.75) is 132 Å². The maximum absolute atomic E-state index is 13.5. The summed E-state index contributed by atoms with van der Waals surface area (Å²) < 4.78 is 11.4. The molecule has 0 aromatic heterocycles. The SMILES string of the molecule is CC(C)C[C@@H]1NC(=O)[C@H](C(C)C)NC(=O)[C@H](C(C)C)OC(=O)[C@@H](CC(C)C)NC(=O)[C@@H](C(C)C)NC(=O)[C@@H](C(C)C)OC1=O. The van der Waals surface area contributed by atoms with Gasteiger partial charge in [0.1, 0.15) is 24.2 Å². The van der Waals surface area contributed by atoms with E-state index in [0.29, 0.717) is 0 Å². The van der Waals surface area contributed by atoms with Crippen LogP contribution >= 0.6 is 0 Å². The Kier molecular flexibility index (Phi) is 15.3. The van der Waals surface area contributed by atoms with E-state index in [0.717, 1.165) is 0 Å². The van der Waals surface area contributed by atoms with E-state index in [1.807, 2.05) is 27.7 Å². The van der Waals surface area contributed by atoms with Gasteiger partial charge in [-0.25, -0.2) is 9.59 Å². The number of carbonyl (C=O) groups is 6. The Balaban J connectivity index is 3.71. The van der Waals surface area contributed by atoms with Crippen LogP contribution in [0, 0.1) is 35.5 Å². The zero-order chi connectivity index (χ0) is 34.0. The number of ether oxygens (including phenoxy) is 2. The maximum atomic E-state index is 13.5. The van der Waals surface area contributed by atoms with Crippen LogP contribution in [0.4, 0.5) is 0 Å². The molecule has 1 aliphatic heterocycles. The van der Waals surface area contributed by atoms with Gasteiger partial charge in [0.15, 0.2) is 12.2 Å². The highest BCUT2D eigenvalue weighted by atomic mass is 16.6. The van der Waals surface area contributed by atoms with Crippen LogP contribution in [0.5, 0.6) is 0 Å². The van der Waals surface area contributed by atoms with Crippen molar-refractivity contribution in [3.8, 4) is 0 Å². The number of hydrogen-bond donors (Lipinski definition) is 4. The van der Waals surface area contributed by atoms with Crippen LogP contribution in [0.15, 0.2) is 0 Å². The third-order valence-electron chi connectivity index (χ3n) is 7.32. The molecule has 0 aromatic rings. The minimum absolute atomic E-state index is 0.0262. The largest absolute Gasteiger partial charge is 0.450 e. The Morgan fingerprint density at radius 1 is 0.455 bits per heavy atom. The molecular formula is C32H56N4O8. The van der Waals surface area contributed by atoms with Gasteiger partial charge in [0.05, 0.1) is 0 Å². The van der Waals surface area contributed by atoms with Crippen molar-refractivity contribution in [3.63, 3.8) is 0 Å². The minimum Gasteiger partial charge on any atom is -0.450 e. The third-order valence-corrected chi connectivity index (χ3v) is 7.32. The number of hydrogen-bond acceptors (Lipinski definition) is 8. The molecule has 6 atom stereocenters. The number of rotatable bonds is 8. The van der Waals surface area contributed by atoms with Crippen molar-refractivity contribution < 1.29 is 38.2 Å². The van der Waals surface area contributed by atoms with Crippen LogP contribution in [0.1, 0.15) is 95.9 Å². The molecule has 0 aliphatic carbocycles. The van der Waals surface area contributed by atoms with E-state index in [-0.39, 0.29) is 36.5 Å². The molecule has 4 N–H and O–H groups in total. The molecule has 0 radical (unpaired) electrons. The predicted octanol–water partition coefficient (Wildman–Crippen LogP) is 2.48. The monoisotopic (exact) mass is 624 g/mol. The lowest BCUT2D eigenvalue weighted by molar-refractivity contribution is -0.164. The molecule has 0 aromatic carbocycles. The molecule has 1 fully saturated rings. The van der Waals surface area contributed by atoms with Gasteiger partial charge in [0.25, 0.3) is 11.8 Å². The quantitative estimate of drug-likeness (QED) is 0.299. The van der Waals surface area contributed by atoms with Gasteiger partial charge >= 0.3 is 11.9 Å². The summed E-state index contributed by atoms with van der Waals surface area (Å²) in [6, 6.07) is -4.33. The van der Waals surface area contributed by atoms with Crippen LogP contribution in [-0.4, -0.2) is 71.9 Å². The van der Waals surface area contributed by atoms with Crippen LogP contribution < -0.4 is 21.3 Å². The van der Waals surface area contributed by atoms with Crippen LogP contribution in [0.25, 0.3) is 0 Å². The predicted molar refractivity (Wildman–Crippen MR) is 166 cm³/mol. The van der Waals surface area contributed by atoms with Gasteiger partial charge in [-0.3, -0.25) is 19.2 Å². The van der Waals surface area contributed by atoms with Gasteiger partial charge < -0.3 is 30.7 Å². The van der Waals surface area contributed by atoms with Crippen molar-refractivity contribution in [1.82, 2.24) is 21.3 Å². The molecule has 1 heterocycles. The van der Waals surface area contributed by atoms with Crippen LogP contribution in [-0.2, 0) is 38.2 Å². The Hall–Kier alpha value is -3.18. The Bertz CT molecular complexity index is 932. The highest BCUT2D eigenvalue weighted by Crippen LogP contribution is 2.17. The van der Waals surface area contributed by atoms with E-state index >= 15 is 0 Å². The number of amides is 4. The van der Waals surface area contributed by atoms with Crippen molar-refractivity contribution >= 4 is 35.6 Å². The highest BCUT2D eigenvalue weighted by Gasteiger charge is 2.39. The normalized spacial score (nSPS) is 27.1. The van der Waals surface area contributed by atoms with E-state index in [1.165, 1.54) is 0 Å². The standard InChI is InChI=1S/C32H56N4O8/c1-15(2)13-21-31(41)43-25(19(9)10)29(39)36-24(18(7)8)28(38)34-22(14-16(3)4)32(42)44-26(20(11)12)30(40)35-23(17(5)6)27(37)33-21/h15-26H,13-14H2,1-12H3,(H,33,37)(H,34,38)(H,35,40)(H,36,39)/t21-,22+,23-,24+,25+,26-. The van der Waals surface area contributed by atoms with Crippen molar-refractivity contribution in [2.75, 3.05) is 0 Å². The van der Waals surface area contributed by atoms with Gasteiger partial charge in [-0.05, 0) is 48.3 Å². The minimum atomic E-state index is -1.26. The summed E-state index contributed by atoms with van der Waals surface area (Å²) >= 11 is 0. The fourth-order valence-electron chi connectivity index (χ4n) is 4.83. The summed E-state index contributed by atoms with van der Waals surface area (Å²) in [6.07, 6.45) is -2.08. The molecule has 0 spiro atoms. The van der Waals surface area contributed by atoms with Crippen molar-refractivity contribution in [3.05, 3.63) is 0 Å². The van der Waals surface area contributed by atoms with E-state index in [2.05, 4.69) is 21.3 Å². The van der Waals surface area contributed by atoms with E-state index in [9.17, 15) is 28.8 Å². The van der Waals surface area contributed by atoms with E-state index in [1.54, 1.807) is 55.4 Å². The summed E-state index contributed by atoms with van der Waals surface area (Å²) in [7, 11) is 0. The molecule has 4 amide bonds. The number of cyclic esters (lactones) is 2. The van der Waals surface area contributed by atoms with Gasteiger partial charge in [-0.15, -0.1) is 0 Å². The molecule has 12 heteroatoms. The molecule has 44 heavy (non-hydrogen) atoms. The number of nitrogens with one attached hydrogen (secondary N) is 4. The molecule has 0 unspecified atom stereocenters. The Morgan fingerprint density at radius 2 is 0.750 bits per heavy atom. The average molecular weight is 625 g/mol. The second kappa shape index (κ2) is 17.3. The molecule has 1 aliphatic rings.